The minimum atomic E-state index is 0.643. The summed E-state index contributed by atoms with van der Waals surface area (Å²) in [5.74, 6) is 1.53. The molecule has 2 aromatic carbocycles. The zero-order chi connectivity index (χ0) is 13.1. The van der Waals surface area contributed by atoms with E-state index in [-0.39, 0.29) is 0 Å². The summed E-state index contributed by atoms with van der Waals surface area (Å²) >= 11 is 1.58. The van der Waals surface area contributed by atoms with E-state index in [0.29, 0.717) is 11.1 Å². The maximum Gasteiger partial charge on any atom is 0.276 e. The maximum atomic E-state index is 5.51. The first-order valence-electron chi connectivity index (χ1n) is 6.28. The molecule has 0 aliphatic carbocycles. The highest BCUT2D eigenvalue weighted by atomic mass is 32.2. The molecule has 4 heteroatoms. The minimum absolute atomic E-state index is 0.643. The van der Waals surface area contributed by atoms with E-state index in [2.05, 4.69) is 52.7 Å². The lowest BCUT2D eigenvalue weighted by Gasteiger charge is -2.04. The number of aromatic nitrogens is 2. The number of hydrogen-bond donors (Lipinski definition) is 0. The summed E-state index contributed by atoms with van der Waals surface area (Å²) in [7, 11) is 0. The molecule has 96 valence electrons. The summed E-state index contributed by atoms with van der Waals surface area (Å²) < 4.78 is 5.51. The van der Waals surface area contributed by atoms with Crippen molar-refractivity contribution in [2.24, 2.45) is 0 Å². The molecule has 0 amide bonds. The Morgan fingerprint density at radius 3 is 2.74 bits per heavy atom. The monoisotopic (exact) mass is 270 g/mol. The van der Waals surface area contributed by atoms with E-state index in [4.69, 9.17) is 4.42 Å². The van der Waals surface area contributed by atoms with Crippen molar-refractivity contribution in [3.8, 4) is 0 Å². The van der Waals surface area contributed by atoms with Crippen LogP contribution in [0.4, 0.5) is 0 Å². The van der Waals surface area contributed by atoms with Crippen molar-refractivity contribution in [2.45, 2.75) is 24.3 Å². The van der Waals surface area contributed by atoms with Crippen LogP contribution in [0, 0.1) is 0 Å². The predicted octanol–water partition coefficient (Wildman–Crippen LogP) is 4.08. The molecule has 1 heterocycles. The summed E-state index contributed by atoms with van der Waals surface area (Å²) in [6.07, 6.45) is 0.780. The van der Waals surface area contributed by atoms with Crippen molar-refractivity contribution >= 4 is 22.5 Å². The molecule has 1 aromatic heterocycles. The van der Waals surface area contributed by atoms with Gasteiger partial charge in [-0.2, -0.15) is 0 Å². The van der Waals surface area contributed by atoms with Gasteiger partial charge in [-0.3, -0.25) is 0 Å². The molecule has 0 fully saturated rings. The molecule has 0 atom stereocenters. The summed E-state index contributed by atoms with van der Waals surface area (Å²) in [6.45, 7) is 2.01. The average molecular weight is 270 g/mol. The zero-order valence-corrected chi connectivity index (χ0v) is 11.5. The molecule has 0 spiro atoms. The number of nitrogens with zero attached hydrogens (tertiary/aromatic N) is 2. The first kappa shape index (κ1) is 12.2. The summed E-state index contributed by atoms with van der Waals surface area (Å²) in [5.41, 5.74) is 1.29. The molecule has 0 saturated heterocycles. The second-order valence-corrected chi connectivity index (χ2v) is 5.17. The lowest BCUT2D eigenvalue weighted by molar-refractivity contribution is 0.417. The van der Waals surface area contributed by atoms with Crippen LogP contribution in [0.2, 0.25) is 0 Å². The fourth-order valence-corrected chi connectivity index (χ4v) is 2.78. The average Bonchev–Trinajstić information content (AvgIpc) is 2.93. The molecule has 0 aliphatic heterocycles. The minimum Gasteiger partial charge on any atom is -0.416 e. The van der Waals surface area contributed by atoms with Crippen LogP contribution in [0.3, 0.4) is 0 Å². The lowest BCUT2D eigenvalue weighted by atomic mass is 10.1. The molecule has 0 N–H and O–H groups in total. The molecule has 0 radical (unpaired) electrons. The smallest absolute Gasteiger partial charge is 0.276 e. The van der Waals surface area contributed by atoms with Gasteiger partial charge in [0.05, 0.1) is 0 Å². The van der Waals surface area contributed by atoms with Crippen molar-refractivity contribution < 1.29 is 4.42 Å². The highest BCUT2D eigenvalue weighted by Crippen LogP contribution is 2.26. The van der Waals surface area contributed by atoms with E-state index >= 15 is 0 Å². The van der Waals surface area contributed by atoms with Gasteiger partial charge in [-0.1, -0.05) is 61.2 Å². The van der Waals surface area contributed by atoms with Gasteiger partial charge < -0.3 is 4.42 Å². The van der Waals surface area contributed by atoms with E-state index in [0.717, 1.165) is 12.2 Å². The Kier molecular flexibility index (Phi) is 3.51. The fourth-order valence-electron chi connectivity index (χ4n) is 2.00. The number of fused-ring (bicyclic) bond motifs is 1. The standard InChI is InChI=1S/C15H14N2OS/c1-2-14-16-17-15(18-14)19-10-12-8-5-7-11-6-3-4-9-13(11)12/h3-9H,2,10H2,1H3. The number of thioether (sulfide) groups is 1. The molecule has 3 aromatic rings. The van der Waals surface area contributed by atoms with Crippen LogP contribution >= 0.6 is 11.8 Å². The number of rotatable bonds is 4. The molecule has 19 heavy (non-hydrogen) atoms. The van der Waals surface area contributed by atoms with Crippen molar-refractivity contribution in [3.05, 3.63) is 53.9 Å². The van der Waals surface area contributed by atoms with Gasteiger partial charge in [-0.05, 0) is 16.3 Å². The first-order valence-corrected chi connectivity index (χ1v) is 7.27. The SMILES string of the molecule is CCc1nnc(SCc2cccc3ccccc23)o1. The fraction of sp³-hybridized carbons (Fsp3) is 0.200. The highest BCUT2D eigenvalue weighted by Gasteiger charge is 2.06. The predicted molar refractivity (Wildman–Crippen MR) is 77.2 cm³/mol. The van der Waals surface area contributed by atoms with Crippen LogP contribution < -0.4 is 0 Å². The summed E-state index contributed by atoms with van der Waals surface area (Å²) in [5, 5.41) is 11.2. The van der Waals surface area contributed by atoms with Crippen molar-refractivity contribution in [3.63, 3.8) is 0 Å². The largest absolute Gasteiger partial charge is 0.416 e. The van der Waals surface area contributed by atoms with Crippen LogP contribution in [0.1, 0.15) is 18.4 Å². The number of hydrogen-bond acceptors (Lipinski definition) is 4. The van der Waals surface area contributed by atoms with Crippen LogP contribution in [0.25, 0.3) is 10.8 Å². The van der Waals surface area contributed by atoms with Gasteiger partial charge in [0.25, 0.3) is 5.22 Å². The second kappa shape index (κ2) is 5.45. The van der Waals surface area contributed by atoms with Crippen molar-refractivity contribution in [1.82, 2.24) is 10.2 Å². The third kappa shape index (κ3) is 2.63. The van der Waals surface area contributed by atoms with Crippen LogP contribution in [0.5, 0.6) is 0 Å². The molecule has 3 nitrogen and oxygen atoms in total. The van der Waals surface area contributed by atoms with Crippen molar-refractivity contribution in [2.75, 3.05) is 0 Å². The summed E-state index contributed by atoms with van der Waals surface area (Å²) in [6, 6.07) is 14.8. The Bertz CT molecular complexity index is 688. The van der Waals surface area contributed by atoms with Crippen LogP contribution in [-0.4, -0.2) is 10.2 Å². The van der Waals surface area contributed by atoms with Gasteiger partial charge in [-0.25, -0.2) is 0 Å². The maximum absolute atomic E-state index is 5.51. The molecular formula is C15H14N2OS. The van der Waals surface area contributed by atoms with Crippen LogP contribution in [0.15, 0.2) is 52.1 Å². The topological polar surface area (TPSA) is 38.9 Å². The van der Waals surface area contributed by atoms with E-state index in [1.54, 1.807) is 11.8 Å². The molecular weight excluding hydrogens is 256 g/mol. The van der Waals surface area contributed by atoms with Gasteiger partial charge in [0.1, 0.15) is 0 Å². The summed E-state index contributed by atoms with van der Waals surface area (Å²) in [4.78, 5) is 0. The highest BCUT2D eigenvalue weighted by molar-refractivity contribution is 7.98. The Morgan fingerprint density at radius 2 is 1.89 bits per heavy atom. The molecule has 0 bridgehead atoms. The third-order valence-corrected chi connectivity index (χ3v) is 3.85. The molecule has 0 saturated carbocycles. The number of benzene rings is 2. The Balaban J connectivity index is 1.81. The van der Waals surface area contributed by atoms with Gasteiger partial charge in [0.2, 0.25) is 5.89 Å². The van der Waals surface area contributed by atoms with E-state index in [1.807, 2.05) is 6.92 Å². The molecule has 3 rings (SSSR count). The lowest BCUT2D eigenvalue weighted by Crippen LogP contribution is -1.84. The van der Waals surface area contributed by atoms with E-state index in [1.165, 1.54) is 16.3 Å². The second-order valence-electron chi connectivity index (χ2n) is 4.24. The van der Waals surface area contributed by atoms with Crippen LogP contribution in [-0.2, 0) is 12.2 Å². The van der Waals surface area contributed by atoms with E-state index in [9.17, 15) is 0 Å². The third-order valence-electron chi connectivity index (χ3n) is 2.98. The zero-order valence-electron chi connectivity index (χ0n) is 10.7. The van der Waals surface area contributed by atoms with Gasteiger partial charge >= 0.3 is 0 Å². The first-order chi connectivity index (χ1) is 9.36. The Morgan fingerprint density at radius 1 is 1.05 bits per heavy atom. The van der Waals surface area contributed by atoms with Gasteiger partial charge in [0.15, 0.2) is 0 Å². The Hall–Kier alpha value is -1.81. The molecule has 0 aliphatic rings. The quantitative estimate of drug-likeness (QED) is 0.670. The van der Waals surface area contributed by atoms with E-state index < -0.39 is 0 Å². The Labute approximate surface area is 116 Å². The number of aryl methyl sites for hydroxylation is 1. The van der Waals surface area contributed by atoms with Gasteiger partial charge in [0, 0.05) is 12.2 Å². The van der Waals surface area contributed by atoms with Gasteiger partial charge in [-0.15, -0.1) is 10.2 Å². The normalized spacial score (nSPS) is 11.0. The molecule has 0 unspecified atom stereocenters. The van der Waals surface area contributed by atoms with Crippen molar-refractivity contribution in [1.29, 1.82) is 0 Å².